The first-order valence-corrected chi connectivity index (χ1v) is 6.37. The van der Waals surface area contributed by atoms with Crippen molar-refractivity contribution in [3.05, 3.63) is 45.9 Å². The molecule has 0 bridgehead atoms. The van der Waals surface area contributed by atoms with Gasteiger partial charge in [-0.1, -0.05) is 13.0 Å². The number of nitrogen functional groups attached to an aromatic ring is 1. The van der Waals surface area contributed by atoms with E-state index in [1.807, 2.05) is 0 Å². The van der Waals surface area contributed by atoms with Gasteiger partial charge in [0.05, 0.1) is 11.4 Å². The molecule has 1 aromatic carbocycles. The Hall–Kier alpha value is -1.55. The standard InChI is InChI=1S/C13H15FN2S/c1-2-9-6-7-10(17-9)8-16-12-5-3-4-11(14)13(12)15/h3-7,16H,2,8,15H2,1H3. The van der Waals surface area contributed by atoms with E-state index < -0.39 is 0 Å². The molecule has 4 heteroatoms. The highest BCUT2D eigenvalue weighted by Crippen LogP contribution is 2.23. The summed E-state index contributed by atoms with van der Waals surface area (Å²) in [7, 11) is 0. The number of anilines is 2. The Balaban J connectivity index is 2.04. The van der Waals surface area contributed by atoms with Gasteiger partial charge in [0, 0.05) is 16.3 Å². The number of rotatable bonds is 4. The van der Waals surface area contributed by atoms with Crippen LogP contribution in [0, 0.1) is 5.82 Å². The fraction of sp³-hybridized carbons (Fsp3) is 0.231. The third-order valence-corrected chi connectivity index (χ3v) is 3.80. The number of nitrogens with one attached hydrogen (secondary N) is 1. The van der Waals surface area contributed by atoms with E-state index in [-0.39, 0.29) is 11.5 Å². The van der Waals surface area contributed by atoms with E-state index >= 15 is 0 Å². The lowest BCUT2D eigenvalue weighted by atomic mass is 10.2. The van der Waals surface area contributed by atoms with Gasteiger partial charge in [-0.2, -0.15) is 0 Å². The van der Waals surface area contributed by atoms with Gasteiger partial charge in [-0.25, -0.2) is 4.39 Å². The zero-order chi connectivity index (χ0) is 12.3. The molecule has 0 aliphatic carbocycles. The van der Waals surface area contributed by atoms with Crippen LogP contribution in [0.3, 0.4) is 0 Å². The number of aryl methyl sites for hydroxylation is 1. The highest BCUT2D eigenvalue weighted by Gasteiger charge is 2.04. The topological polar surface area (TPSA) is 38.0 Å². The lowest BCUT2D eigenvalue weighted by Crippen LogP contribution is -2.02. The molecule has 0 radical (unpaired) electrons. The van der Waals surface area contributed by atoms with Crippen molar-refractivity contribution in [2.75, 3.05) is 11.1 Å². The lowest BCUT2D eigenvalue weighted by Gasteiger charge is -2.08. The number of benzene rings is 1. The van der Waals surface area contributed by atoms with Crippen molar-refractivity contribution in [1.82, 2.24) is 0 Å². The first kappa shape index (κ1) is 11.9. The van der Waals surface area contributed by atoms with Gasteiger partial charge in [-0.3, -0.25) is 0 Å². The summed E-state index contributed by atoms with van der Waals surface area (Å²) in [5, 5.41) is 3.15. The maximum Gasteiger partial charge on any atom is 0.148 e. The SMILES string of the molecule is CCc1ccc(CNc2cccc(F)c2N)s1. The summed E-state index contributed by atoms with van der Waals surface area (Å²) >= 11 is 1.77. The molecule has 1 heterocycles. The second-order valence-electron chi connectivity index (χ2n) is 3.78. The van der Waals surface area contributed by atoms with E-state index in [1.165, 1.54) is 15.8 Å². The number of hydrogen-bond acceptors (Lipinski definition) is 3. The van der Waals surface area contributed by atoms with Gasteiger partial charge in [-0.05, 0) is 30.7 Å². The number of thiophene rings is 1. The van der Waals surface area contributed by atoms with Gasteiger partial charge in [-0.15, -0.1) is 11.3 Å². The van der Waals surface area contributed by atoms with Crippen LogP contribution in [0.1, 0.15) is 16.7 Å². The molecule has 0 aliphatic heterocycles. The van der Waals surface area contributed by atoms with E-state index in [0.717, 1.165) is 6.42 Å². The van der Waals surface area contributed by atoms with E-state index in [2.05, 4.69) is 24.4 Å². The molecule has 3 N–H and O–H groups in total. The molecule has 0 fully saturated rings. The van der Waals surface area contributed by atoms with E-state index in [1.54, 1.807) is 23.5 Å². The summed E-state index contributed by atoms with van der Waals surface area (Å²) in [6.45, 7) is 2.81. The predicted octanol–water partition coefficient (Wildman–Crippen LogP) is 3.64. The minimum atomic E-state index is -0.379. The third-order valence-electron chi connectivity index (χ3n) is 2.57. The molecular formula is C13H15FN2S. The normalized spacial score (nSPS) is 10.5. The van der Waals surface area contributed by atoms with Crippen molar-refractivity contribution in [3.63, 3.8) is 0 Å². The molecule has 0 spiro atoms. The summed E-state index contributed by atoms with van der Waals surface area (Å²) in [5.41, 5.74) is 6.47. The van der Waals surface area contributed by atoms with Crippen LogP contribution in [-0.2, 0) is 13.0 Å². The van der Waals surface area contributed by atoms with Crippen LogP contribution in [-0.4, -0.2) is 0 Å². The first-order chi connectivity index (χ1) is 8.20. The Morgan fingerprint density at radius 1 is 1.24 bits per heavy atom. The Bertz CT molecular complexity index is 508. The highest BCUT2D eigenvalue weighted by atomic mass is 32.1. The van der Waals surface area contributed by atoms with Crippen molar-refractivity contribution in [2.24, 2.45) is 0 Å². The minimum Gasteiger partial charge on any atom is -0.395 e. The molecule has 0 atom stereocenters. The Kier molecular flexibility index (Phi) is 3.64. The third kappa shape index (κ3) is 2.77. The van der Waals surface area contributed by atoms with E-state index in [0.29, 0.717) is 12.2 Å². The summed E-state index contributed by atoms with van der Waals surface area (Å²) in [4.78, 5) is 2.58. The van der Waals surface area contributed by atoms with Crippen molar-refractivity contribution in [3.8, 4) is 0 Å². The molecule has 90 valence electrons. The first-order valence-electron chi connectivity index (χ1n) is 5.56. The fourth-order valence-electron chi connectivity index (χ4n) is 1.58. The molecule has 2 aromatic rings. The fourth-order valence-corrected chi connectivity index (χ4v) is 2.48. The zero-order valence-corrected chi connectivity index (χ0v) is 10.5. The molecule has 2 nitrogen and oxygen atoms in total. The minimum absolute atomic E-state index is 0.180. The van der Waals surface area contributed by atoms with Gasteiger partial charge in [0.25, 0.3) is 0 Å². The largest absolute Gasteiger partial charge is 0.395 e. The van der Waals surface area contributed by atoms with Gasteiger partial charge >= 0.3 is 0 Å². The van der Waals surface area contributed by atoms with Crippen LogP contribution < -0.4 is 11.1 Å². The molecule has 0 unspecified atom stereocenters. The summed E-state index contributed by atoms with van der Waals surface area (Å²) < 4.78 is 13.2. The molecule has 1 aromatic heterocycles. The number of hydrogen-bond donors (Lipinski definition) is 2. The molecule has 0 aliphatic rings. The maximum atomic E-state index is 13.2. The van der Waals surface area contributed by atoms with Crippen LogP contribution in [0.5, 0.6) is 0 Å². The molecular weight excluding hydrogens is 235 g/mol. The summed E-state index contributed by atoms with van der Waals surface area (Å²) in [6.07, 6.45) is 1.05. The predicted molar refractivity (Wildman–Crippen MR) is 71.8 cm³/mol. The molecule has 0 saturated carbocycles. The van der Waals surface area contributed by atoms with Gasteiger partial charge in [0.2, 0.25) is 0 Å². The van der Waals surface area contributed by atoms with Crippen molar-refractivity contribution in [2.45, 2.75) is 19.9 Å². The van der Waals surface area contributed by atoms with Gasteiger partial charge in [0.15, 0.2) is 0 Å². The van der Waals surface area contributed by atoms with Gasteiger partial charge < -0.3 is 11.1 Å². The van der Waals surface area contributed by atoms with Crippen LogP contribution in [0.25, 0.3) is 0 Å². The Morgan fingerprint density at radius 2 is 2.00 bits per heavy atom. The average Bonchev–Trinajstić information content (AvgIpc) is 2.79. The smallest absolute Gasteiger partial charge is 0.148 e. The monoisotopic (exact) mass is 250 g/mol. The van der Waals surface area contributed by atoms with Crippen LogP contribution in [0.4, 0.5) is 15.8 Å². The Morgan fingerprint density at radius 3 is 2.71 bits per heavy atom. The van der Waals surface area contributed by atoms with Crippen molar-refractivity contribution in [1.29, 1.82) is 0 Å². The average molecular weight is 250 g/mol. The highest BCUT2D eigenvalue weighted by molar-refractivity contribution is 7.12. The molecule has 0 saturated heterocycles. The second-order valence-corrected chi connectivity index (χ2v) is 5.03. The zero-order valence-electron chi connectivity index (χ0n) is 9.66. The lowest BCUT2D eigenvalue weighted by molar-refractivity contribution is 0.633. The molecule has 17 heavy (non-hydrogen) atoms. The number of nitrogens with two attached hydrogens (primary N) is 1. The number of halogens is 1. The summed E-state index contributed by atoms with van der Waals surface area (Å²) in [5.74, 6) is -0.379. The van der Waals surface area contributed by atoms with Crippen LogP contribution in [0.2, 0.25) is 0 Å². The van der Waals surface area contributed by atoms with Gasteiger partial charge in [0.1, 0.15) is 5.82 Å². The molecule has 0 amide bonds. The van der Waals surface area contributed by atoms with E-state index in [9.17, 15) is 4.39 Å². The molecule has 2 rings (SSSR count). The van der Waals surface area contributed by atoms with Crippen molar-refractivity contribution >= 4 is 22.7 Å². The van der Waals surface area contributed by atoms with E-state index in [4.69, 9.17) is 5.73 Å². The maximum absolute atomic E-state index is 13.2. The summed E-state index contributed by atoms with van der Waals surface area (Å²) in [6, 6.07) is 9.01. The van der Waals surface area contributed by atoms with Crippen LogP contribution in [0.15, 0.2) is 30.3 Å². The second kappa shape index (κ2) is 5.19. The number of para-hydroxylation sites is 1. The Labute approximate surface area is 104 Å². The quantitative estimate of drug-likeness (QED) is 0.813. The van der Waals surface area contributed by atoms with Crippen molar-refractivity contribution < 1.29 is 4.39 Å². The van der Waals surface area contributed by atoms with Crippen LogP contribution >= 0.6 is 11.3 Å².